The second-order valence-electron chi connectivity index (χ2n) is 4.20. The molecule has 0 aromatic heterocycles. The van der Waals surface area contributed by atoms with Crippen LogP contribution in [-0.4, -0.2) is 28.6 Å². The fourth-order valence-corrected chi connectivity index (χ4v) is 2.39. The maximum absolute atomic E-state index is 13.4. The predicted molar refractivity (Wildman–Crippen MR) is 65.9 cm³/mol. The molecule has 0 heterocycles. The largest absolute Gasteiger partial charge is 0.507 e. The van der Waals surface area contributed by atoms with Crippen LogP contribution in [0.2, 0.25) is 0 Å². The summed E-state index contributed by atoms with van der Waals surface area (Å²) in [6, 6.07) is 3.83. The summed E-state index contributed by atoms with van der Waals surface area (Å²) in [5, 5.41) is 12.1. The number of hydrogen-bond acceptors (Lipinski definition) is 3. The van der Waals surface area contributed by atoms with E-state index in [9.17, 15) is 14.3 Å². The highest BCUT2D eigenvalue weighted by Gasteiger charge is 2.42. The van der Waals surface area contributed by atoms with E-state index < -0.39 is 11.7 Å². The number of thioether (sulfide) groups is 1. The maximum atomic E-state index is 13.4. The number of rotatable bonds is 4. The first-order chi connectivity index (χ1) is 8.08. The Hall–Kier alpha value is -1.23. The minimum atomic E-state index is -0.698. The van der Waals surface area contributed by atoms with Crippen molar-refractivity contribution in [2.45, 2.75) is 17.6 Å². The molecule has 1 aromatic rings. The van der Waals surface area contributed by atoms with Crippen LogP contribution >= 0.6 is 11.8 Å². The van der Waals surface area contributed by atoms with Gasteiger partial charge in [0.2, 0.25) is 0 Å². The number of carbonyl (C=O) groups is 1. The van der Waals surface area contributed by atoms with Crippen molar-refractivity contribution >= 4 is 17.7 Å². The number of benzene rings is 1. The predicted octanol–water partition coefficient (Wildman–Crippen LogP) is 2.16. The van der Waals surface area contributed by atoms with E-state index in [0.29, 0.717) is 6.54 Å². The van der Waals surface area contributed by atoms with Gasteiger partial charge >= 0.3 is 0 Å². The lowest BCUT2D eigenvalue weighted by Gasteiger charge is -2.13. The topological polar surface area (TPSA) is 49.3 Å². The maximum Gasteiger partial charge on any atom is 0.258 e. The zero-order valence-electron chi connectivity index (χ0n) is 9.50. The lowest BCUT2D eigenvalue weighted by Crippen LogP contribution is -2.32. The molecule has 1 saturated carbocycles. The lowest BCUT2D eigenvalue weighted by atomic mass is 10.1. The molecule has 1 amide bonds. The summed E-state index contributed by atoms with van der Waals surface area (Å²) < 4.78 is 13.5. The molecule has 2 rings (SSSR count). The molecule has 3 nitrogen and oxygen atoms in total. The van der Waals surface area contributed by atoms with E-state index in [1.807, 2.05) is 6.26 Å². The van der Waals surface area contributed by atoms with Gasteiger partial charge < -0.3 is 10.4 Å². The molecule has 0 aliphatic heterocycles. The summed E-state index contributed by atoms with van der Waals surface area (Å²) in [4.78, 5) is 11.8. The van der Waals surface area contributed by atoms with Gasteiger partial charge in [-0.25, -0.2) is 4.39 Å². The molecule has 0 atom stereocenters. The molecule has 5 heteroatoms. The first-order valence-corrected chi connectivity index (χ1v) is 6.61. The first kappa shape index (κ1) is 12.2. The quantitative estimate of drug-likeness (QED) is 0.866. The van der Waals surface area contributed by atoms with Gasteiger partial charge in [0.05, 0.1) is 0 Å². The molecule has 17 heavy (non-hydrogen) atoms. The summed E-state index contributed by atoms with van der Waals surface area (Å²) in [7, 11) is 0. The van der Waals surface area contributed by atoms with Gasteiger partial charge in [-0.3, -0.25) is 4.79 Å². The van der Waals surface area contributed by atoms with Crippen molar-refractivity contribution < 1.29 is 14.3 Å². The highest BCUT2D eigenvalue weighted by Crippen LogP contribution is 2.46. The number of nitrogens with one attached hydrogen (secondary N) is 1. The first-order valence-electron chi connectivity index (χ1n) is 5.39. The summed E-state index contributed by atoms with van der Waals surface area (Å²) in [5.41, 5.74) is -0.274. The molecule has 2 N–H and O–H groups in total. The molecule has 0 unspecified atom stereocenters. The smallest absolute Gasteiger partial charge is 0.258 e. The highest BCUT2D eigenvalue weighted by molar-refractivity contribution is 8.00. The van der Waals surface area contributed by atoms with Crippen LogP contribution in [0.1, 0.15) is 23.2 Å². The summed E-state index contributed by atoms with van der Waals surface area (Å²) in [6.07, 6.45) is 4.13. The molecule has 0 saturated heterocycles. The molecular formula is C12H14FNO2S. The van der Waals surface area contributed by atoms with Crippen LogP contribution < -0.4 is 5.32 Å². The Labute approximate surface area is 103 Å². The summed E-state index contributed by atoms with van der Waals surface area (Å²) in [5.74, 6) is -1.58. The zero-order valence-corrected chi connectivity index (χ0v) is 10.3. The molecule has 0 bridgehead atoms. The van der Waals surface area contributed by atoms with E-state index in [0.717, 1.165) is 18.9 Å². The fourth-order valence-electron chi connectivity index (χ4n) is 1.66. The minimum absolute atomic E-state index is 0.122. The summed E-state index contributed by atoms with van der Waals surface area (Å²) >= 11 is 1.71. The van der Waals surface area contributed by atoms with Gasteiger partial charge in [0.15, 0.2) is 0 Å². The lowest BCUT2D eigenvalue weighted by molar-refractivity contribution is 0.0946. The van der Waals surface area contributed by atoms with Crippen LogP contribution in [0.4, 0.5) is 4.39 Å². The Morgan fingerprint density at radius 1 is 1.59 bits per heavy atom. The molecule has 0 spiro atoms. The van der Waals surface area contributed by atoms with Gasteiger partial charge in [0, 0.05) is 11.3 Å². The third kappa shape index (κ3) is 2.54. The second kappa shape index (κ2) is 4.56. The van der Waals surface area contributed by atoms with Crippen molar-refractivity contribution in [1.82, 2.24) is 5.32 Å². The van der Waals surface area contributed by atoms with E-state index in [4.69, 9.17) is 0 Å². The SMILES string of the molecule is CSC1(CNC(=O)c2c(O)cccc2F)CC1. The Kier molecular flexibility index (Phi) is 3.28. The normalized spacial score (nSPS) is 16.6. The number of phenols is 1. The van der Waals surface area contributed by atoms with Crippen LogP contribution in [0.15, 0.2) is 18.2 Å². The third-order valence-electron chi connectivity index (χ3n) is 3.03. The van der Waals surface area contributed by atoms with E-state index in [2.05, 4.69) is 5.32 Å². The Balaban J connectivity index is 2.05. The van der Waals surface area contributed by atoms with Crippen molar-refractivity contribution in [2.24, 2.45) is 0 Å². The van der Waals surface area contributed by atoms with Gasteiger partial charge in [-0.2, -0.15) is 11.8 Å². The van der Waals surface area contributed by atoms with Crippen LogP contribution in [-0.2, 0) is 0 Å². The molecule has 1 fully saturated rings. The van der Waals surface area contributed by atoms with E-state index in [1.165, 1.54) is 12.1 Å². The minimum Gasteiger partial charge on any atom is -0.507 e. The number of aromatic hydroxyl groups is 1. The number of hydrogen-bond donors (Lipinski definition) is 2. The monoisotopic (exact) mass is 255 g/mol. The number of amides is 1. The number of phenolic OH excluding ortho intramolecular Hbond substituents is 1. The highest BCUT2D eigenvalue weighted by atomic mass is 32.2. The Morgan fingerprint density at radius 2 is 2.29 bits per heavy atom. The zero-order chi connectivity index (χ0) is 12.5. The van der Waals surface area contributed by atoms with Crippen LogP contribution in [0, 0.1) is 5.82 Å². The van der Waals surface area contributed by atoms with Gasteiger partial charge in [-0.1, -0.05) is 6.07 Å². The van der Waals surface area contributed by atoms with E-state index in [1.54, 1.807) is 11.8 Å². The second-order valence-corrected chi connectivity index (χ2v) is 5.48. The molecule has 0 radical (unpaired) electrons. The fraction of sp³-hybridized carbons (Fsp3) is 0.417. The van der Waals surface area contributed by atoms with Gasteiger partial charge in [0.1, 0.15) is 17.1 Å². The van der Waals surface area contributed by atoms with Crippen molar-refractivity contribution in [2.75, 3.05) is 12.8 Å². The van der Waals surface area contributed by atoms with Crippen LogP contribution in [0.5, 0.6) is 5.75 Å². The molecule has 1 aromatic carbocycles. The molecule has 1 aliphatic rings. The van der Waals surface area contributed by atoms with E-state index in [-0.39, 0.29) is 16.1 Å². The van der Waals surface area contributed by atoms with Crippen LogP contribution in [0.25, 0.3) is 0 Å². The van der Waals surface area contributed by atoms with Crippen molar-refractivity contribution in [3.8, 4) is 5.75 Å². The number of carbonyl (C=O) groups excluding carboxylic acids is 1. The van der Waals surface area contributed by atoms with Gasteiger partial charge in [-0.05, 0) is 31.2 Å². The average molecular weight is 255 g/mol. The number of halogens is 1. The van der Waals surface area contributed by atoms with Gasteiger partial charge in [-0.15, -0.1) is 0 Å². The van der Waals surface area contributed by atoms with Crippen molar-refractivity contribution in [1.29, 1.82) is 0 Å². The molecule has 1 aliphatic carbocycles. The van der Waals surface area contributed by atoms with E-state index >= 15 is 0 Å². The molecule has 92 valence electrons. The Morgan fingerprint density at radius 3 is 2.82 bits per heavy atom. The van der Waals surface area contributed by atoms with Crippen molar-refractivity contribution in [3.05, 3.63) is 29.6 Å². The Bertz CT molecular complexity index is 426. The third-order valence-corrected chi connectivity index (χ3v) is 4.45. The van der Waals surface area contributed by atoms with Crippen LogP contribution in [0.3, 0.4) is 0 Å². The van der Waals surface area contributed by atoms with Crippen molar-refractivity contribution in [3.63, 3.8) is 0 Å². The summed E-state index contributed by atoms with van der Waals surface area (Å²) in [6.45, 7) is 0.515. The average Bonchev–Trinajstić information content (AvgIpc) is 3.07. The molecular weight excluding hydrogens is 241 g/mol. The standard InChI is InChI=1S/C12H14FNO2S/c1-17-12(5-6-12)7-14-11(16)10-8(13)3-2-4-9(10)15/h2-4,15H,5-7H2,1H3,(H,14,16). The van der Waals surface area contributed by atoms with Gasteiger partial charge in [0.25, 0.3) is 5.91 Å².